The molecule has 0 aliphatic heterocycles. The van der Waals surface area contributed by atoms with Crippen LogP contribution in [0.2, 0.25) is 0 Å². The van der Waals surface area contributed by atoms with Gasteiger partial charge in [0.2, 0.25) is 5.82 Å². The number of benzene rings is 2. The molecule has 6 nitrogen and oxygen atoms in total. The fourth-order valence-corrected chi connectivity index (χ4v) is 2.02. The third kappa shape index (κ3) is 6.03. The molecule has 29 heavy (non-hydrogen) atoms. The van der Waals surface area contributed by atoms with E-state index in [2.05, 4.69) is 16.1 Å². The van der Waals surface area contributed by atoms with E-state index in [1.54, 1.807) is 0 Å². The molecule has 2 rings (SSSR count). The summed E-state index contributed by atoms with van der Waals surface area (Å²) in [6.45, 7) is 5.09. The number of hydrogen-bond acceptors (Lipinski definition) is 6. The standard InChI is InChI=1S/C21H16F2O6/c1-14(2)21(25)29-12-11-28-18-8-7-17(19(22)20(18)23)15-3-5-16(6-4-15)27-10-9-26-13-24/h3-13H,1H2,2H3/b10-9-,12-11-. The van der Waals surface area contributed by atoms with Crippen LogP contribution in [0, 0.1) is 11.6 Å². The van der Waals surface area contributed by atoms with Crippen molar-refractivity contribution < 1.29 is 37.3 Å². The van der Waals surface area contributed by atoms with Crippen molar-refractivity contribution >= 4 is 12.4 Å². The first-order valence-corrected chi connectivity index (χ1v) is 8.11. The van der Waals surface area contributed by atoms with E-state index in [4.69, 9.17) is 9.47 Å². The highest BCUT2D eigenvalue weighted by Gasteiger charge is 2.15. The second kappa shape index (κ2) is 10.4. The molecular weight excluding hydrogens is 386 g/mol. The fourth-order valence-electron chi connectivity index (χ4n) is 2.02. The number of hydrogen-bond donors (Lipinski definition) is 0. The summed E-state index contributed by atoms with van der Waals surface area (Å²) in [4.78, 5) is 21.2. The zero-order valence-corrected chi connectivity index (χ0v) is 15.3. The number of esters is 1. The SMILES string of the molecule is C=C(C)C(=O)O/C=C\Oc1ccc(-c2ccc(O/C=C\OC=O)cc2)c(F)c1F. The molecule has 0 amide bonds. The van der Waals surface area contributed by atoms with Crippen LogP contribution in [0.1, 0.15) is 6.92 Å². The smallest absolute Gasteiger partial charge is 0.338 e. The molecule has 0 aromatic heterocycles. The molecule has 0 fully saturated rings. The lowest BCUT2D eigenvalue weighted by atomic mass is 10.0. The Kier molecular flexibility index (Phi) is 7.67. The number of ether oxygens (including phenoxy) is 4. The maximum atomic E-state index is 14.4. The zero-order valence-electron chi connectivity index (χ0n) is 15.3. The quantitative estimate of drug-likeness (QED) is 0.264. The van der Waals surface area contributed by atoms with Gasteiger partial charge in [-0.25, -0.2) is 9.18 Å². The van der Waals surface area contributed by atoms with Gasteiger partial charge in [0.15, 0.2) is 11.6 Å². The molecular formula is C21H16F2O6. The predicted octanol–water partition coefficient (Wildman–Crippen LogP) is 4.62. The van der Waals surface area contributed by atoms with Crippen LogP contribution in [0.15, 0.2) is 73.6 Å². The van der Waals surface area contributed by atoms with Gasteiger partial charge in [0.05, 0.1) is 0 Å². The van der Waals surface area contributed by atoms with E-state index >= 15 is 0 Å². The third-order valence-corrected chi connectivity index (χ3v) is 3.38. The van der Waals surface area contributed by atoms with Gasteiger partial charge in [0.25, 0.3) is 6.47 Å². The van der Waals surface area contributed by atoms with Crippen LogP contribution >= 0.6 is 0 Å². The summed E-state index contributed by atoms with van der Waals surface area (Å²) in [5.41, 5.74) is 0.594. The van der Waals surface area contributed by atoms with Crippen molar-refractivity contribution in [2.75, 3.05) is 0 Å². The van der Waals surface area contributed by atoms with Gasteiger partial charge in [-0.2, -0.15) is 4.39 Å². The molecule has 0 atom stereocenters. The number of carbonyl (C=O) groups excluding carboxylic acids is 2. The van der Waals surface area contributed by atoms with E-state index in [1.165, 1.54) is 43.3 Å². The molecule has 2 aromatic carbocycles. The highest BCUT2D eigenvalue weighted by Crippen LogP contribution is 2.31. The third-order valence-electron chi connectivity index (χ3n) is 3.38. The normalized spacial score (nSPS) is 10.7. The van der Waals surface area contributed by atoms with Crippen LogP contribution in [0.5, 0.6) is 11.5 Å². The Morgan fingerprint density at radius 3 is 2.28 bits per heavy atom. The number of rotatable bonds is 9. The van der Waals surface area contributed by atoms with E-state index in [0.29, 0.717) is 11.3 Å². The van der Waals surface area contributed by atoms with Gasteiger partial charge in [-0.1, -0.05) is 18.7 Å². The molecule has 8 heteroatoms. The first-order chi connectivity index (χ1) is 13.9. The second-order valence-corrected chi connectivity index (χ2v) is 5.46. The van der Waals surface area contributed by atoms with Gasteiger partial charge < -0.3 is 18.9 Å². The minimum absolute atomic E-state index is 0.0129. The molecule has 0 heterocycles. The first-order valence-electron chi connectivity index (χ1n) is 8.11. The Balaban J connectivity index is 2.08. The molecule has 0 unspecified atom stereocenters. The molecule has 0 aliphatic rings. The van der Waals surface area contributed by atoms with E-state index in [1.807, 2.05) is 0 Å². The van der Waals surface area contributed by atoms with Gasteiger partial charge >= 0.3 is 5.97 Å². The van der Waals surface area contributed by atoms with E-state index in [0.717, 1.165) is 25.0 Å². The van der Waals surface area contributed by atoms with Gasteiger partial charge in [-0.15, -0.1) is 0 Å². The molecule has 0 bridgehead atoms. The fraction of sp³-hybridized carbons (Fsp3) is 0.0476. The van der Waals surface area contributed by atoms with Crippen molar-refractivity contribution in [2.45, 2.75) is 6.92 Å². The summed E-state index contributed by atoms with van der Waals surface area (Å²) >= 11 is 0. The first kappa shape index (κ1) is 21.4. The Morgan fingerprint density at radius 2 is 1.62 bits per heavy atom. The summed E-state index contributed by atoms with van der Waals surface area (Å²) in [5.74, 6) is -2.97. The summed E-state index contributed by atoms with van der Waals surface area (Å²) in [6, 6.07) is 8.69. The number of halogens is 2. The number of carbonyl (C=O) groups is 2. The van der Waals surface area contributed by atoms with Gasteiger partial charge in [-0.05, 0) is 36.8 Å². The average molecular weight is 402 g/mol. The maximum absolute atomic E-state index is 14.4. The second-order valence-electron chi connectivity index (χ2n) is 5.46. The monoisotopic (exact) mass is 402 g/mol. The van der Waals surface area contributed by atoms with Gasteiger partial charge in [-0.3, -0.25) is 4.79 Å². The van der Waals surface area contributed by atoms with Crippen molar-refractivity contribution in [1.29, 1.82) is 0 Å². The van der Waals surface area contributed by atoms with Crippen molar-refractivity contribution in [3.8, 4) is 22.6 Å². The molecule has 0 aliphatic carbocycles. The molecule has 2 aromatic rings. The minimum Gasteiger partial charge on any atom is -0.462 e. The maximum Gasteiger partial charge on any atom is 0.338 e. The van der Waals surface area contributed by atoms with Crippen molar-refractivity contribution in [1.82, 2.24) is 0 Å². The Morgan fingerprint density at radius 1 is 0.931 bits per heavy atom. The summed E-state index contributed by atoms with van der Waals surface area (Å²) in [7, 11) is 0. The largest absolute Gasteiger partial charge is 0.462 e. The van der Waals surface area contributed by atoms with E-state index < -0.39 is 17.6 Å². The van der Waals surface area contributed by atoms with Crippen LogP contribution in [0.4, 0.5) is 8.78 Å². The highest BCUT2D eigenvalue weighted by molar-refractivity contribution is 5.87. The van der Waals surface area contributed by atoms with Crippen LogP contribution in [0.25, 0.3) is 11.1 Å². The summed E-state index contributed by atoms with van der Waals surface area (Å²) in [6.07, 6.45) is 4.00. The predicted molar refractivity (Wildman–Crippen MR) is 99.4 cm³/mol. The van der Waals surface area contributed by atoms with Crippen molar-refractivity contribution in [2.24, 2.45) is 0 Å². The topological polar surface area (TPSA) is 71.1 Å². The highest BCUT2D eigenvalue weighted by atomic mass is 19.2. The van der Waals surface area contributed by atoms with Crippen LogP contribution in [0.3, 0.4) is 0 Å². The lowest BCUT2D eigenvalue weighted by molar-refractivity contribution is -0.133. The van der Waals surface area contributed by atoms with Crippen LogP contribution < -0.4 is 9.47 Å². The van der Waals surface area contributed by atoms with Crippen molar-refractivity contribution in [3.63, 3.8) is 0 Å². The molecule has 0 saturated carbocycles. The van der Waals surface area contributed by atoms with E-state index in [9.17, 15) is 18.4 Å². The lowest BCUT2D eigenvalue weighted by Gasteiger charge is -2.09. The van der Waals surface area contributed by atoms with Crippen molar-refractivity contribution in [3.05, 3.63) is 85.2 Å². The van der Waals surface area contributed by atoms with Gasteiger partial charge in [0, 0.05) is 11.1 Å². The molecule has 150 valence electrons. The lowest BCUT2D eigenvalue weighted by Crippen LogP contribution is -2.00. The Labute approximate surface area is 165 Å². The Bertz CT molecular complexity index is 948. The Hall–Kier alpha value is -3.94. The molecule has 0 spiro atoms. The van der Waals surface area contributed by atoms with Crippen LogP contribution in [-0.4, -0.2) is 12.4 Å². The molecule has 0 saturated heterocycles. The average Bonchev–Trinajstić information content (AvgIpc) is 2.72. The summed E-state index contributed by atoms with van der Waals surface area (Å²) < 4.78 is 47.7. The summed E-state index contributed by atoms with van der Waals surface area (Å²) in [5, 5.41) is 0. The zero-order chi connectivity index (χ0) is 21.2. The van der Waals surface area contributed by atoms with Crippen LogP contribution in [-0.2, 0) is 19.1 Å². The van der Waals surface area contributed by atoms with Gasteiger partial charge in [0.1, 0.15) is 30.8 Å². The minimum atomic E-state index is -1.20. The van der Waals surface area contributed by atoms with E-state index in [-0.39, 0.29) is 23.4 Å². The molecule has 0 radical (unpaired) electrons. The molecule has 0 N–H and O–H groups in total.